The highest BCUT2D eigenvalue weighted by Crippen LogP contribution is 2.31. The smallest absolute Gasteiger partial charge is 0.407 e. The van der Waals surface area contributed by atoms with Gasteiger partial charge >= 0.3 is 6.09 Å². The number of rotatable bonds is 7. The molecule has 4 rings (SSSR count). The molecule has 1 amide bonds. The summed E-state index contributed by atoms with van der Waals surface area (Å²) in [6.45, 7) is 1.00. The molecule has 2 heterocycles. The van der Waals surface area contributed by atoms with Crippen LogP contribution in [0.1, 0.15) is 57.8 Å². The molecule has 1 saturated heterocycles. The molecule has 1 aromatic heterocycles. The second kappa shape index (κ2) is 10.4. The minimum absolute atomic E-state index is 0.00942. The van der Waals surface area contributed by atoms with Gasteiger partial charge in [-0.3, -0.25) is 4.79 Å². The third kappa shape index (κ3) is 5.67. The number of carboxylic acid groups (broad SMARTS) is 1. The molecular weight excluding hydrogens is 484 g/mol. The standard InChI is InChI=1S/C21H33ClN6O5S/c1-26-20(29)19(22)18(12-23-26)27-11-10-17(13-27)28(21(30)31)16-8-6-15(7-9-16)25-34(32,33)24-14-4-2-3-5-14/h12,14-17,24-25H,2-11,13H2,1H3,(H,30,31). The Kier molecular flexibility index (Phi) is 7.70. The van der Waals surface area contributed by atoms with E-state index in [-0.39, 0.29) is 34.7 Å². The van der Waals surface area contributed by atoms with E-state index in [1.165, 1.54) is 22.8 Å². The topological polar surface area (TPSA) is 137 Å². The van der Waals surface area contributed by atoms with Gasteiger partial charge < -0.3 is 14.9 Å². The summed E-state index contributed by atoms with van der Waals surface area (Å²) >= 11 is 6.23. The SMILES string of the molecule is Cn1ncc(N2CCC(N(C(=O)O)C3CCC(NS(=O)(=O)NC4CCCC4)CC3)C2)c(Cl)c1=O. The van der Waals surface area contributed by atoms with E-state index in [0.717, 1.165) is 25.7 Å². The van der Waals surface area contributed by atoms with Crippen LogP contribution in [0.3, 0.4) is 0 Å². The van der Waals surface area contributed by atoms with Gasteiger partial charge in [0.15, 0.2) is 0 Å². The van der Waals surface area contributed by atoms with Crippen molar-refractivity contribution in [1.82, 2.24) is 24.1 Å². The lowest BCUT2D eigenvalue weighted by Crippen LogP contribution is -2.52. The molecule has 2 aliphatic carbocycles. The van der Waals surface area contributed by atoms with Crippen molar-refractivity contribution < 1.29 is 18.3 Å². The summed E-state index contributed by atoms with van der Waals surface area (Å²) < 4.78 is 31.6. The number of aryl methyl sites for hydroxylation is 1. The first-order valence-corrected chi connectivity index (χ1v) is 13.8. The van der Waals surface area contributed by atoms with E-state index in [2.05, 4.69) is 14.5 Å². The van der Waals surface area contributed by atoms with Crippen LogP contribution in [0, 0.1) is 0 Å². The minimum atomic E-state index is -3.57. The molecule has 3 fully saturated rings. The van der Waals surface area contributed by atoms with Gasteiger partial charge in [0.05, 0.1) is 17.9 Å². The summed E-state index contributed by atoms with van der Waals surface area (Å²) in [5, 5.41) is 14.1. The van der Waals surface area contributed by atoms with Crippen molar-refractivity contribution >= 4 is 33.6 Å². The zero-order chi connectivity index (χ0) is 24.5. The van der Waals surface area contributed by atoms with E-state index in [1.807, 2.05) is 4.90 Å². The molecule has 1 aromatic rings. The quantitative estimate of drug-likeness (QED) is 0.501. The van der Waals surface area contributed by atoms with Crippen LogP contribution in [0.25, 0.3) is 0 Å². The van der Waals surface area contributed by atoms with Gasteiger partial charge in [0.25, 0.3) is 15.8 Å². The molecule has 190 valence electrons. The number of carbonyl (C=O) groups is 1. The molecule has 1 aliphatic heterocycles. The first-order chi connectivity index (χ1) is 16.1. The van der Waals surface area contributed by atoms with Crippen molar-refractivity contribution in [3.8, 4) is 0 Å². The molecule has 0 aromatic carbocycles. The fraction of sp³-hybridized carbons (Fsp3) is 0.762. The number of hydrogen-bond donors (Lipinski definition) is 3. The number of aromatic nitrogens is 2. The van der Waals surface area contributed by atoms with Crippen LogP contribution >= 0.6 is 11.6 Å². The van der Waals surface area contributed by atoms with Gasteiger partial charge in [-0.25, -0.2) is 9.48 Å². The lowest BCUT2D eigenvalue weighted by Gasteiger charge is -2.38. The number of hydrogen-bond acceptors (Lipinski definition) is 6. The zero-order valence-corrected chi connectivity index (χ0v) is 20.9. The Bertz CT molecular complexity index is 1050. The van der Waals surface area contributed by atoms with E-state index in [4.69, 9.17) is 11.6 Å². The lowest BCUT2D eigenvalue weighted by molar-refractivity contribution is 0.0859. The molecule has 1 atom stereocenters. The summed E-state index contributed by atoms with van der Waals surface area (Å²) in [4.78, 5) is 27.7. The van der Waals surface area contributed by atoms with Crippen molar-refractivity contribution in [1.29, 1.82) is 0 Å². The predicted molar refractivity (Wildman–Crippen MR) is 128 cm³/mol. The van der Waals surface area contributed by atoms with Crippen LogP contribution in [-0.2, 0) is 17.3 Å². The average Bonchev–Trinajstić information content (AvgIpc) is 3.45. The second-order valence-electron chi connectivity index (χ2n) is 9.58. The van der Waals surface area contributed by atoms with Gasteiger partial charge in [-0.1, -0.05) is 24.4 Å². The Morgan fingerprint density at radius 2 is 1.71 bits per heavy atom. The monoisotopic (exact) mass is 516 g/mol. The molecule has 0 spiro atoms. The molecule has 0 radical (unpaired) electrons. The first kappa shape index (κ1) is 25.2. The molecule has 2 saturated carbocycles. The van der Waals surface area contributed by atoms with Gasteiger partial charge in [0.1, 0.15) is 5.02 Å². The normalized spacial score (nSPS) is 26.2. The minimum Gasteiger partial charge on any atom is -0.465 e. The number of amides is 1. The Balaban J connectivity index is 1.34. The molecule has 11 nitrogen and oxygen atoms in total. The first-order valence-electron chi connectivity index (χ1n) is 11.9. The van der Waals surface area contributed by atoms with Crippen molar-refractivity contribution in [2.24, 2.45) is 7.05 Å². The Morgan fingerprint density at radius 1 is 1.09 bits per heavy atom. The second-order valence-corrected chi connectivity index (χ2v) is 11.4. The maximum absolute atomic E-state index is 12.5. The lowest BCUT2D eigenvalue weighted by atomic mass is 9.90. The molecule has 3 N–H and O–H groups in total. The Labute approximate surface area is 204 Å². The highest BCUT2D eigenvalue weighted by atomic mass is 35.5. The summed E-state index contributed by atoms with van der Waals surface area (Å²) in [7, 11) is -2.04. The third-order valence-corrected chi connectivity index (χ3v) is 8.91. The van der Waals surface area contributed by atoms with Crippen LogP contribution in [0.4, 0.5) is 10.5 Å². The number of nitrogens with zero attached hydrogens (tertiary/aromatic N) is 4. The number of anilines is 1. The maximum atomic E-state index is 12.5. The highest BCUT2D eigenvalue weighted by molar-refractivity contribution is 7.87. The Morgan fingerprint density at radius 3 is 2.32 bits per heavy atom. The summed E-state index contributed by atoms with van der Waals surface area (Å²) in [6, 6.07) is -0.602. The van der Waals surface area contributed by atoms with Gasteiger partial charge in [0.2, 0.25) is 0 Å². The molecule has 3 aliphatic rings. The fourth-order valence-corrected chi connectivity index (χ4v) is 7.22. The zero-order valence-electron chi connectivity index (χ0n) is 19.3. The van der Waals surface area contributed by atoms with Gasteiger partial charge in [-0.15, -0.1) is 0 Å². The molecule has 13 heteroatoms. The fourth-order valence-electron chi connectivity index (χ4n) is 5.51. The summed E-state index contributed by atoms with van der Waals surface area (Å²) in [6.07, 6.45) is 7.37. The van der Waals surface area contributed by atoms with E-state index >= 15 is 0 Å². The largest absolute Gasteiger partial charge is 0.465 e. The van der Waals surface area contributed by atoms with Crippen LogP contribution in [0.5, 0.6) is 0 Å². The number of halogens is 1. The van der Waals surface area contributed by atoms with Crippen LogP contribution < -0.4 is 19.9 Å². The van der Waals surface area contributed by atoms with Crippen molar-refractivity contribution in [3.63, 3.8) is 0 Å². The van der Waals surface area contributed by atoms with Crippen LogP contribution in [0.2, 0.25) is 5.02 Å². The van der Waals surface area contributed by atoms with Gasteiger partial charge in [-0.05, 0) is 44.9 Å². The number of nitrogens with one attached hydrogen (secondary N) is 2. The molecule has 1 unspecified atom stereocenters. The van der Waals surface area contributed by atoms with Crippen molar-refractivity contribution in [3.05, 3.63) is 21.6 Å². The maximum Gasteiger partial charge on any atom is 0.407 e. The molecular formula is C21H33ClN6O5S. The Hall–Kier alpha value is -1.89. The average molecular weight is 517 g/mol. The summed E-state index contributed by atoms with van der Waals surface area (Å²) in [5.41, 5.74) is 0.131. The van der Waals surface area contributed by atoms with Gasteiger partial charge in [-0.2, -0.15) is 23.0 Å². The molecule has 0 bridgehead atoms. The third-order valence-electron chi connectivity index (χ3n) is 7.27. The van der Waals surface area contributed by atoms with Crippen LogP contribution in [0.15, 0.2) is 11.0 Å². The van der Waals surface area contributed by atoms with E-state index < -0.39 is 16.3 Å². The predicted octanol–water partition coefficient (Wildman–Crippen LogP) is 1.67. The highest BCUT2D eigenvalue weighted by Gasteiger charge is 2.38. The van der Waals surface area contributed by atoms with Crippen molar-refractivity contribution in [2.45, 2.75) is 82.0 Å². The van der Waals surface area contributed by atoms with E-state index in [9.17, 15) is 23.1 Å². The van der Waals surface area contributed by atoms with Crippen LogP contribution in [-0.4, -0.2) is 71.6 Å². The van der Waals surface area contributed by atoms with Crippen molar-refractivity contribution in [2.75, 3.05) is 18.0 Å². The van der Waals surface area contributed by atoms with E-state index in [1.54, 1.807) is 0 Å². The van der Waals surface area contributed by atoms with Gasteiger partial charge in [0, 0.05) is 38.3 Å². The summed E-state index contributed by atoms with van der Waals surface area (Å²) in [5.74, 6) is 0. The van der Waals surface area contributed by atoms with E-state index in [0.29, 0.717) is 50.9 Å². The molecule has 34 heavy (non-hydrogen) atoms.